The lowest BCUT2D eigenvalue weighted by Gasteiger charge is -2.09. The predicted molar refractivity (Wildman–Crippen MR) is 84.2 cm³/mol. The van der Waals surface area contributed by atoms with Gasteiger partial charge in [0.15, 0.2) is 5.78 Å². The number of aryl methyl sites for hydroxylation is 1. The molecule has 1 heteroatoms. The molecular weight excluding hydrogens is 244 g/mol. The average Bonchev–Trinajstić information content (AvgIpc) is 2.53. The van der Waals surface area contributed by atoms with E-state index < -0.39 is 0 Å². The summed E-state index contributed by atoms with van der Waals surface area (Å²) in [4.78, 5) is 12.0. The van der Waals surface area contributed by atoms with Gasteiger partial charge in [-0.25, -0.2) is 0 Å². The maximum Gasteiger partial charge on any atom is 0.163 e. The van der Waals surface area contributed by atoms with Crippen LogP contribution in [0.1, 0.15) is 54.1 Å². The van der Waals surface area contributed by atoms with E-state index in [0.29, 0.717) is 12.3 Å². The summed E-state index contributed by atoms with van der Waals surface area (Å²) >= 11 is 0. The third kappa shape index (κ3) is 3.80. The SMILES string of the molecule is CCC(C)c1ccc(CCC(=O)c2ccccc2)cc1. The van der Waals surface area contributed by atoms with Crippen molar-refractivity contribution in [1.29, 1.82) is 0 Å². The number of hydrogen-bond acceptors (Lipinski definition) is 1. The molecule has 1 unspecified atom stereocenters. The van der Waals surface area contributed by atoms with E-state index in [0.717, 1.165) is 18.4 Å². The van der Waals surface area contributed by atoms with Crippen LogP contribution in [-0.2, 0) is 6.42 Å². The minimum absolute atomic E-state index is 0.219. The molecule has 0 bridgehead atoms. The summed E-state index contributed by atoms with van der Waals surface area (Å²) < 4.78 is 0. The van der Waals surface area contributed by atoms with Gasteiger partial charge in [0.1, 0.15) is 0 Å². The molecule has 0 saturated heterocycles. The first-order valence-electron chi connectivity index (χ1n) is 7.37. The highest BCUT2D eigenvalue weighted by molar-refractivity contribution is 5.96. The fourth-order valence-corrected chi connectivity index (χ4v) is 2.27. The minimum Gasteiger partial charge on any atom is -0.294 e. The molecular formula is C19H22O. The van der Waals surface area contributed by atoms with Gasteiger partial charge in [-0.3, -0.25) is 4.79 Å². The van der Waals surface area contributed by atoms with Crippen molar-refractivity contribution in [2.75, 3.05) is 0 Å². The molecule has 0 aromatic heterocycles. The van der Waals surface area contributed by atoms with E-state index >= 15 is 0 Å². The normalized spacial score (nSPS) is 12.1. The lowest BCUT2D eigenvalue weighted by Crippen LogP contribution is -2.01. The predicted octanol–water partition coefficient (Wildman–Crippen LogP) is 5.02. The highest BCUT2D eigenvalue weighted by Crippen LogP contribution is 2.19. The lowest BCUT2D eigenvalue weighted by molar-refractivity contribution is 0.0983. The summed E-state index contributed by atoms with van der Waals surface area (Å²) in [5, 5.41) is 0. The van der Waals surface area contributed by atoms with Gasteiger partial charge in [0.2, 0.25) is 0 Å². The highest BCUT2D eigenvalue weighted by atomic mass is 16.1. The van der Waals surface area contributed by atoms with E-state index in [2.05, 4.69) is 38.1 Å². The second-order valence-corrected chi connectivity index (χ2v) is 5.34. The van der Waals surface area contributed by atoms with Gasteiger partial charge in [0, 0.05) is 12.0 Å². The first kappa shape index (κ1) is 14.5. The molecule has 0 aliphatic rings. The molecule has 0 aliphatic heterocycles. The summed E-state index contributed by atoms with van der Waals surface area (Å²) in [6, 6.07) is 18.2. The van der Waals surface area contributed by atoms with E-state index in [4.69, 9.17) is 0 Å². The largest absolute Gasteiger partial charge is 0.294 e. The summed E-state index contributed by atoms with van der Waals surface area (Å²) in [6.07, 6.45) is 2.55. The molecule has 0 fully saturated rings. The molecule has 0 saturated carbocycles. The standard InChI is InChI=1S/C19H22O/c1-3-15(2)17-12-9-16(10-13-17)11-14-19(20)18-7-5-4-6-8-18/h4-10,12-13,15H,3,11,14H2,1-2H3. The molecule has 2 aromatic carbocycles. The Morgan fingerprint density at radius 1 is 1.00 bits per heavy atom. The quantitative estimate of drug-likeness (QED) is 0.671. The zero-order valence-electron chi connectivity index (χ0n) is 12.3. The third-order valence-corrected chi connectivity index (χ3v) is 3.90. The first-order chi connectivity index (χ1) is 9.70. The topological polar surface area (TPSA) is 17.1 Å². The fraction of sp³-hybridized carbons (Fsp3) is 0.316. The molecule has 0 aliphatic carbocycles. The summed E-state index contributed by atoms with van der Waals surface area (Å²) in [7, 11) is 0. The van der Waals surface area contributed by atoms with Gasteiger partial charge in [-0.2, -0.15) is 0 Å². The van der Waals surface area contributed by atoms with Crippen LogP contribution in [0.4, 0.5) is 0 Å². The molecule has 2 aromatic rings. The summed E-state index contributed by atoms with van der Waals surface area (Å²) in [6.45, 7) is 4.45. The van der Waals surface area contributed by atoms with Crippen molar-refractivity contribution in [3.63, 3.8) is 0 Å². The molecule has 1 atom stereocenters. The van der Waals surface area contributed by atoms with Crippen molar-refractivity contribution in [2.45, 2.75) is 39.0 Å². The van der Waals surface area contributed by atoms with Crippen molar-refractivity contribution in [3.05, 3.63) is 71.3 Å². The monoisotopic (exact) mass is 266 g/mol. The fourth-order valence-electron chi connectivity index (χ4n) is 2.27. The van der Waals surface area contributed by atoms with Crippen LogP contribution in [0.5, 0.6) is 0 Å². The molecule has 0 amide bonds. The van der Waals surface area contributed by atoms with Crippen molar-refractivity contribution in [2.24, 2.45) is 0 Å². The zero-order valence-corrected chi connectivity index (χ0v) is 12.3. The van der Waals surface area contributed by atoms with Crippen molar-refractivity contribution in [3.8, 4) is 0 Å². The zero-order chi connectivity index (χ0) is 14.4. The Hall–Kier alpha value is -1.89. The van der Waals surface area contributed by atoms with E-state index in [9.17, 15) is 4.79 Å². The maximum atomic E-state index is 12.0. The van der Waals surface area contributed by atoms with Crippen LogP contribution in [0.15, 0.2) is 54.6 Å². The van der Waals surface area contributed by atoms with Crippen molar-refractivity contribution in [1.82, 2.24) is 0 Å². The van der Waals surface area contributed by atoms with Crippen molar-refractivity contribution < 1.29 is 4.79 Å². The van der Waals surface area contributed by atoms with Crippen LogP contribution in [0, 0.1) is 0 Å². The molecule has 2 rings (SSSR count). The van der Waals surface area contributed by atoms with Crippen molar-refractivity contribution >= 4 is 5.78 Å². The Morgan fingerprint density at radius 2 is 1.65 bits per heavy atom. The van der Waals surface area contributed by atoms with Crippen LogP contribution in [0.3, 0.4) is 0 Å². The second-order valence-electron chi connectivity index (χ2n) is 5.34. The van der Waals surface area contributed by atoms with Gasteiger partial charge < -0.3 is 0 Å². The molecule has 0 spiro atoms. The average molecular weight is 266 g/mol. The van der Waals surface area contributed by atoms with Crippen LogP contribution >= 0.6 is 0 Å². The number of Topliss-reactive ketones (excluding diaryl/α,β-unsaturated/α-hetero) is 1. The van der Waals surface area contributed by atoms with Gasteiger partial charge in [-0.1, -0.05) is 68.4 Å². The van der Waals surface area contributed by atoms with Crippen LogP contribution < -0.4 is 0 Å². The number of carbonyl (C=O) groups is 1. The van der Waals surface area contributed by atoms with E-state index in [1.807, 2.05) is 30.3 Å². The minimum atomic E-state index is 0.219. The number of carbonyl (C=O) groups excluding carboxylic acids is 1. The third-order valence-electron chi connectivity index (χ3n) is 3.90. The maximum absolute atomic E-state index is 12.0. The smallest absolute Gasteiger partial charge is 0.163 e. The Balaban J connectivity index is 1.93. The van der Waals surface area contributed by atoms with Crippen LogP contribution in [0.25, 0.3) is 0 Å². The second kappa shape index (κ2) is 7.04. The number of benzene rings is 2. The summed E-state index contributed by atoms with van der Waals surface area (Å²) in [5.41, 5.74) is 3.43. The lowest BCUT2D eigenvalue weighted by atomic mass is 9.96. The van der Waals surface area contributed by atoms with Crippen LogP contribution in [0.2, 0.25) is 0 Å². The molecule has 0 radical (unpaired) electrons. The Labute approximate surface area is 121 Å². The van der Waals surface area contributed by atoms with Gasteiger partial charge >= 0.3 is 0 Å². The Bertz CT molecular complexity index is 540. The number of ketones is 1. The van der Waals surface area contributed by atoms with Crippen LogP contribution in [-0.4, -0.2) is 5.78 Å². The Kier molecular flexibility index (Phi) is 5.11. The van der Waals surface area contributed by atoms with E-state index in [1.165, 1.54) is 11.1 Å². The Morgan fingerprint density at radius 3 is 2.25 bits per heavy atom. The van der Waals surface area contributed by atoms with E-state index in [1.54, 1.807) is 0 Å². The molecule has 0 heterocycles. The van der Waals surface area contributed by atoms with Gasteiger partial charge in [-0.05, 0) is 29.9 Å². The number of hydrogen-bond donors (Lipinski definition) is 0. The molecule has 104 valence electrons. The first-order valence-corrected chi connectivity index (χ1v) is 7.37. The van der Waals surface area contributed by atoms with Gasteiger partial charge in [-0.15, -0.1) is 0 Å². The molecule has 1 nitrogen and oxygen atoms in total. The van der Waals surface area contributed by atoms with E-state index in [-0.39, 0.29) is 5.78 Å². The highest BCUT2D eigenvalue weighted by Gasteiger charge is 2.06. The molecule has 20 heavy (non-hydrogen) atoms. The van der Waals surface area contributed by atoms with Gasteiger partial charge in [0.25, 0.3) is 0 Å². The number of rotatable bonds is 6. The molecule has 0 N–H and O–H groups in total. The summed E-state index contributed by atoms with van der Waals surface area (Å²) in [5.74, 6) is 0.826. The van der Waals surface area contributed by atoms with Gasteiger partial charge in [0.05, 0.1) is 0 Å².